The van der Waals surface area contributed by atoms with Crippen molar-refractivity contribution in [3.8, 4) is 0 Å². The number of rotatable bonds is 5. The second kappa shape index (κ2) is 6.19. The van der Waals surface area contributed by atoms with Gasteiger partial charge in [-0.05, 0) is 26.8 Å². The van der Waals surface area contributed by atoms with E-state index in [1.807, 2.05) is 12.3 Å². The fraction of sp³-hybridized carbons (Fsp3) is 0.429. The van der Waals surface area contributed by atoms with Crippen LogP contribution in [-0.2, 0) is 11.3 Å². The summed E-state index contributed by atoms with van der Waals surface area (Å²) in [7, 11) is 1.36. The Morgan fingerprint density at radius 1 is 1.55 bits per heavy atom. The molecule has 0 fully saturated rings. The summed E-state index contributed by atoms with van der Waals surface area (Å²) < 4.78 is 10.2. The van der Waals surface area contributed by atoms with Crippen LogP contribution in [-0.4, -0.2) is 18.1 Å². The Balaban J connectivity index is 1.99. The number of hydrogen-bond acceptors (Lipinski definition) is 6. The van der Waals surface area contributed by atoms with Crippen molar-refractivity contribution >= 4 is 17.3 Å². The van der Waals surface area contributed by atoms with E-state index in [9.17, 15) is 4.79 Å². The zero-order valence-electron chi connectivity index (χ0n) is 12.0. The van der Waals surface area contributed by atoms with Crippen molar-refractivity contribution in [2.75, 3.05) is 7.11 Å². The van der Waals surface area contributed by atoms with Gasteiger partial charge in [-0.15, -0.1) is 11.3 Å². The van der Waals surface area contributed by atoms with Gasteiger partial charge in [0.25, 0.3) is 0 Å². The molecule has 2 aromatic rings. The first-order valence-electron chi connectivity index (χ1n) is 6.34. The number of nitrogens with one attached hydrogen (secondary N) is 1. The first-order chi connectivity index (χ1) is 9.51. The maximum Gasteiger partial charge on any atom is 0.341 e. The van der Waals surface area contributed by atoms with E-state index in [2.05, 4.69) is 17.2 Å². The molecule has 0 aromatic carbocycles. The van der Waals surface area contributed by atoms with Crippen molar-refractivity contribution in [1.29, 1.82) is 0 Å². The minimum Gasteiger partial charge on any atom is -0.465 e. The summed E-state index contributed by atoms with van der Waals surface area (Å²) >= 11 is 1.63. The van der Waals surface area contributed by atoms with E-state index in [4.69, 9.17) is 9.15 Å². The highest BCUT2D eigenvalue weighted by molar-refractivity contribution is 7.09. The molecule has 5 nitrogen and oxygen atoms in total. The third-order valence-corrected chi connectivity index (χ3v) is 4.11. The SMILES string of the molecule is COC(=O)c1cc(CNC(C)c2nc(C)cs2)oc1C. The molecule has 0 radical (unpaired) electrons. The Bertz CT molecular complexity index is 603. The molecule has 0 aliphatic carbocycles. The van der Waals surface area contributed by atoms with Gasteiger partial charge in [0, 0.05) is 11.1 Å². The lowest BCUT2D eigenvalue weighted by atomic mass is 10.2. The summed E-state index contributed by atoms with van der Waals surface area (Å²) in [5.41, 5.74) is 1.50. The lowest BCUT2D eigenvalue weighted by Crippen LogP contribution is -2.17. The van der Waals surface area contributed by atoms with Gasteiger partial charge in [0.1, 0.15) is 22.1 Å². The number of furan rings is 1. The molecular formula is C14H18N2O3S. The van der Waals surface area contributed by atoms with Crippen LogP contribution >= 0.6 is 11.3 Å². The van der Waals surface area contributed by atoms with Gasteiger partial charge in [0.2, 0.25) is 0 Å². The second-order valence-corrected chi connectivity index (χ2v) is 5.49. The quantitative estimate of drug-likeness (QED) is 0.859. The monoisotopic (exact) mass is 294 g/mol. The van der Waals surface area contributed by atoms with Crippen LogP contribution in [0.4, 0.5) is 0 Å². The van der Waals surface area contributed by atoms with Crippen LogP contribution in [0.15, 0.2) is 15.9 Å². The van der Waals surface area contributed by atoms with Gasteiger partial charge >= 0.3 is 5.97 Å². The Labute approximate surface area is 122 Å². The molecule has 20 heavy (non-hydrogen) atoms. The van der Waals surface area contributed by atoms with E-state index in [1.165, 1.54) is 7.11 Å². The van der Waals surface area contributed by atoms with E-state index in [-0.39, 0.29) is 12.0 Å². The minimum absolute atomic E-state index is 0.140. The van der Waals surface area contributed by atoms with Crippen LogP contribution in [0, 0.1) is 13.8 Å². The molecule has 0 spiro atoms. The molecule has 6 heteroatoms. The summed E-state index contributed by atoms with van der Waals surface area (Å²) in [6, 6.07) is 1.86. The van der Waals surface area contributed by atoms with Crippen molar-refractivity contribution in [3.05, 3.63) is 39.2 Å². The van der Waals surface area contributed by atoms with Gasteiger partial charge in [0.15, 0.2) is 0 Å². The normalized spacial score (nSPS) is 12.4. The van der Waals surface area contributed by atoms with Crippen LogP contribution in [0.25, 0.3) is 0 Å². The van der Waals surface area contributed by atoms with Crippen molar-refractivity contribution in [2.45, 2.75) is 33.4 Å². The topological polar surface area (TPSA) is 64.4 Å². The number of nitrogens with zero attached hydrogens (tertiary/aromatic N) is 1. The highest BCUT2D eigenvalue weighted by Crippen LogP contribution is 2.19. The molecule has 2 rings (SSSR count). The van der Waals surface area contributed by atoms with Gasteiger partial charge in [-0.3, -0.25) is 0 Å². The third-order valence-electron chi connectivity index (χ3n) is 2.96. The van der Waals surface area contributed by atoms with E-state index >= 15 is 0 Å². The summed E-state index contributed by atoms with van der Waals surface area (Å²) in [5.74, 6) is 0.913. The number of methoxy groups -OCH3 is 1. The summed E-state index contributed by atoms with van der Waals surface area (Å²) in [4.78, 5) is 15.9. The Kier molecular flexibility index (Phi) is 4.57. The number of esters is 1. The van der Waals surface area contributed by atoms with Crippen LogP contribution < -0.4 is 5.32 Å². The number of aryl methyl sites for hydroxylation is 2. The molecule has 0 saturated heterocycles. The Morgan fingerprint density at radius 2 is 2.30 bits per heavy atom. The molecule has 2 aromatic heterocycles. The van der Waals surface area contributed by atoms with E-state index < -0.39 is 0 Å². The lowest BCUT2D eigenvalue weighted by molar-refractivity contribution is 0.0599. The van der Waals surface area contributed by atoms with E-state index in [0.29, 0.717) is 23.6 Å². The number of carbonyl (C=O) groups excluding carboxylic acids is 1. The zero-order valence-corrected chi connectivity index (χ0v) is 12.8. The number of ether oxygens (including phenoxy) is 1. The molecule has 1 N–H and O–H groups in total. The van der Waals surface area contributed by atoms with Crippen molar-refractivity contribution in [1.82, 2.24) is 10.3 Å². The van der Waals surface area contributed by atoms with Gasteiger partial charge < -0.3 is 14.5 Å². The molecule has 1 unspecified atom stereocenters. The molecule has 0 saturated carbocycles. The molecule has 0 bridgehead atoms. The highest BCUT2D eigenvalue weighted by Gasteiger charge is 2.16. The molecular weight excluding hydrogens is 276 g/mol. The number of carbonyl (C=O) groups is 1. The second-order valence-electron chi connectivity index (χ2n) is 4.60. The Hall–Kier alpha value is -1.66. The van der Waals surface area contributed by atoms with Gasteiger partial charge in [-0.1, -0.05) is 0 Å². The largest absolute Gasteiger partial charge is 0.465 e. The average Bonchev–Trinajstić information content (AvgIpc) is 3.01. The molecule has 0 amide bonds. The maximum absolute atomic E-state index is 11.5. The number of thiazole rings is 1. The molecule has 0 aliphatic heterocycles. The van der Waals surface area contributed by atoms with E-state index in [1.54, 1.807) is 24.3 Å². The van der Waals surface area contributed by atoms with Crippen LogP contribution in [0.3, 0.4) is 0 Å². The van der Waals surface area contributed by atoms with Gasteiger partial charge in [-0.25, -0.2) is 9.78 Å². The average molecular weight is 294 g/mol. The standard InChI is InChI=1S/C14H18N2O3S/c1-8-7-20-13(16-8)9(2)15-6-11-5-12(10(3)19-11)14(17)18-4/h5,7,9,15H,6H2,1-4H3. The predicted octanol–water partition coefficient (Wildman–Crippen LogP) is 2.99. The molecule has 2 heterocycles. The van der Waals surface area contributed by atoms with Crippen LogP contribution in [0.5, 0.6) is 0 Å². The number of aromatic nitrogens is 1. The highest BCUT2D eigenvalue weighted by atomic mass is 32.1. The molecule has 1 atom stereocenters. The number of hydrogen-bond donors (Lipinski definition) is 1. The smallest absolute Gasteiger partial charge is 0.341 e. The lowest BCUT2D eigenvalue weighted by Gasteiger charge is -2.09. The predicted molar refractivity (Wildman–Crippen MR) is 76.9 cm³/mol. The maximum atomic E-state index is 11.5. The van der Waals surface area contributed by atoms with Gasteiger partial charge in [-0.2, -0.15) is 0 Å². The zero-order chi connectivity index (χ0) is 14.7. The minimum atomic E-state index is -0.374. The van der Waals surface area contributed by atoms with Crippen LogP contribution in [0.2, 0.25) is 0 Å². The molecule has 108 valence electrons. The van der Waals surface area contributed by atoms with Crippen molar-refractivity contribution in [2.24, 2.45) is 0 Å². The summed E-state index contributed by atoms with van der Waals surface area (Å²) in [6.07, 6.45) is 0. The first-order valence-corrected chi connectivity index (χ1v) is 7.22. The molecule has 0 aliphatic rings. The third kappa shape index (κ3) is 3.26. The Morgan fingerprint density at radius 3 is 2.90 bits per heavy atom. The fourth-order valence-electron chi connectivity index (χ4n) is 1.86. The van der Waals surface area contributed by atoms with Crippen LogP contribution in [0.1, 0.15) is 45.5 Å². The fourth-order valence-corrected chi connectivity index (χ4v) is 2.68. The van der Waals surface area contributed by atoms with Gasteiger partial charge in [0.05, 0.1) is 19.7 Å². The van der Waals surface area contributed by atoms with Crippen molar-refractivity contribution in [3.63, 3.8) is 0 Å². The summed E-state index contributed by atoms with van der Waals surface area (Å²) in [6.45, 7) is 6.32. The summed E-state index contributed by atoms with van der Waals surface area (Å²) in [5, 5.41) is 6.40. The van der Waals surface area contributed by atoms with Crippen molar-refractivity contribution < 1.29 is 13.9 Å². The first kappa shape index (κ1) is 14.7. The van der Waals surface area contributed by atoms with E-state index in [0.717, 1.165) is 10.7 Å².